The summed E-state index contributed by atoms with van der Waals surface area (Å²) in [5, 5.41) is 14.5. The number of carbonyl (C=O) groups is 2. The van der Waals surface area contributed by atoms with Crippen LogP contribution in [0.5, 0.6) is 0 Å². The SMILES string of the molecule is C=CCC(C)NC(=O)Nc1cc(Cl)ccc1C(=O)O. The number of carboxylic acid groups (broad SMARTS) is 1. The highest BCUT2D eigenvalue weighted by molar-refractivity contribution is 6.31. The summed E-state index contributed by atoms with van der Waals surface area (Å²) in [4.78, 5) is 22.7. The molecule has 0 saturated heterocycles. The first-order chi connectivity index (χ1) is 8.93. The Labute approximate surface area is 116 Å². The largest absolute Gasteiger partial charge is 0.478 e. The summed E-state index contributed by atoms with van der Waals surface area (Å²) in [6, 6.07) is 3.61. The average molecular weight is 283 g/mol. The lowest BCUT2D eigenvalue weighted by molar-refractivity contribution is 0.0698. The minimum absolute atomic E-state index is 0.0177. The molecule has 0 bridgehead atoms. The van der Waals surface area contributed by atoms with Gasteiger partial charge in [-0.3, -0.25) is 0 Å². The first kappa shape index (κ1) is 15.0. The van der Waals surface area contributed by atoms with Gasteiger partial charge in [-0.05, 0) is 31.5 Å². The van der Waals surface area contributed by atoms with Gasteiger partial charge in [-0.15, -0.1) is 6.58 Å². The van der Waals surface area contributed by atoms with Gasteiger partial charge in [0.05, 0.1) is 11.3 Å². The first-order valence-corrected chi connectivity index (χ1v) is 6.03. The lowest BCUT2D eigenvalue weighted by Gasteiger charge is -2.14. The molecule has 1 aromatic rings. The molecule has 0 spiro atoms. The van der Waals surface area contributed by atoms with E-state index in [1.165, 1.54) is 18.2 Å². The minimum atomic E-state index is -1.13. The molecule has 1 rings (SSSR count). The van der Waals surface area contributed by atoms with Gasteiger partial charge in [0, 0.05) is 11.1 Å². The molecule has 1 aromatic carbocycles. The predicted octanol–water partition coefficient (Wildman–Crippen LogP) is 3.12. The Bertz CT molecular complexity index is 503. The van der Waals surface area contributed by atoms with Crippen LogP contribution in [-0.2, 0) is 0 Å². The van der Waals surface area contributed by atoms with E-state index in [0.717, 1.165) is 0 Å². The highest BCUT2D eigenvalue weighted by atomic mass is 35.5. The molecule has 0 aromatic heterocycles. The summed E-state index contributed by atoms with van der Waals surface area (Å²) < 4.78 is 0. The highest BCUT2D eigenvalue weighted by Crippen LogP contribution is 2.21. The van der Waals surface area contributed by atoms with Crippen molar-refractivity contribution in [3.63, 3.8) is 0 Å². The maximum absolute atomic E-state index is 11.7. The number of carboxylic acids is 1. The van der Waals surface area contributed by atoms with Crippen molar-refractivity contribution in [2.24, 2.45) is 0 Å². The molecule has 2 amide bonds. The molecule has 0 heterocycles. The summed E-state index contributed by atoms with van der Waals surface area (Å²) in [5.41, 5.74) is 0.138. The second-order valence-corrected chi connectivity index (χ2v) is 4.46. The molecule has 3 N–H and O–H groups in total. The van der Waals surface area contributed by atoms with Crippen molar-refractivity contribution in [3.05, 3.63) is 41.4 Å². The topological polar surface area (TPSA) is 78.4 Å². The van der Waals surface area contributed by atoms with E-state index in [4.69, 9.17) is 16.7 Å². The van der Waals surface area contributed by atoms with Crippen molar-refractivity contribution in [2.75, 3.05) is 5.32 Å². The van der Waals surface area contributed by atoms with Gasteiger partial charge in [0.2, 0.25) is 0 Å². The van der Waals surface area contributed by atoms with Crippen molar-refractivity contribution in [2.45, 2.75) is 19.4 Å². The second kappa shape index (κ2) is 6.80. The van der Waals surface area contributed by atoms with E-state index in [1.54, 1.807) is 6.08 Å². The van der Waals surface area contributed by atoms with Crippen molar-refractivity contribution in [1.82, 2.24) is 5.32 Å². The summed E-state index contributed by atoms with van der Waals surface area (Å²) in [6.07, 6.45) is 2.31. The van der Waals surface area contributed by atoms with Crippen LogP contribution in [0.15, 0.2) is 30.9 Å². The molecule has 6 heteroatoms. The fourth-order valence-electron chi connectivity index (χ4n) is 1.50. The monoisotopic (exact) mass is 282 g/mol. The number of hydrogen-bond acceptors (Lipinski definition) is 2. The van der Waals surface area contributed by atoms with Crippen LogP contribution in [-0.4, -0.2) is 23.1 Å². The number of aromatic carboxylic acids is 1. The summed E-state index contributed by atoms with van der Waals surface area (Å²) in [7, 11) is 0. The Kier molecular flexibility index (Phi) is 5.38. The van der Waals surface area contributed by atoms with Crippen LogP contribution in [0, 0.1) is 0 Å². The summed E-state index contributed by atoms with van der Waals surface area (Å²) >= 11 is 5.78. The van der Waals surface area contributed by atoms with Crippen LogP contribution in [0.2, 0.25) is 5.02 Å². The van der Waals surface area contributed by atoms with Crippen molar-refractivity contribution < 1.29 is 14.7 Å². The van der Waals surface area contributed by atoms with E-state index in [1.807, 2.05) is 6.92 Å². The van der Waals surface area contributed by atoms with Crippen LogP contribution >= 0.6 is 11.6 Å². The van der Waals surface area contributed by atoms with E-state index in [-0.39, 0.29) is 17.3 Å². The molecule has 0 aliphatic rings. The Morgan fingerprint density at radius 3 is 2.79 bits per heavy atom. The molecule has 102 valence electrons. The minimum Gasteiger partial charge on any atom is -0.478 e. The number of benzene rings is 1. The van der Waals surface area contributed by atoms with Crippen LogP contribution < -0.4 is 10.6 Å². The molecule has 19 heavy (non-hydrogen) atoms. The molecule has 0 saturated carbocycles. The van der Waals surface area contributed by atoms with Gasteiger partial charge in [-0.25, -0.2) is 9.59 Å². The number of amides is 2. The van der Waals surface area contributed by atoms with E-state index in [9.17, 15) is 9.59 Å². The van der Waals surface area contributed by atoms with Crippen molar-refractivity contribution in [3.8, 4) is 0 Å². The molecular formula is C13H15ClN2O3. The third-order valence-corrected chi connectivity index (χ3v) is 2.59. The molecular weight excluding hydrogens is 268 g/mol. The summed E-state index contributed by atoms with van der Waals surface area (Å²) in [5.74, 6) is -1.13. The van der Waals surface area contributed by atoms with E-state index in [2.05, 4.69) is 17.2 Å². The van der Waals surface area contributed by atoms with Gasteiger partial charge in [-0.1, -0.05) is 17.7 Å². The fraction of sp³-hybridized carbons (Fsp3) is 0.231. The number of hydrogen-bond donors (Lipinski definition) is 3. The highest BCUT2D eigenvalue weighted by Gasteiger charge is 2.13. The lowest BCUT2D eigenvalue weighted by Crippen LogP contribution is -2.36. The molecule has 5 nitrogen and oxygen atoms in total. The molecule has 0 radical (unpaired) electrons. The average Bonchev–Trinajstić information content (AvgIpc) is 2.28. The van der Waals surface area contributed by atoms with Gasteiger partial charge >= 0.3 is 12.0 Å². The number of anilines is 1. The zero-order valence-electron chi connectivity index (χ0n) is 10.4. The number of nitrogens with one attached hydrogen (secondary N) is 2. The summed E-state index contributed by atoms with van der Waals surface area (Å²) in [6.45, 7) is 5.39. The smallest absolute Gasteiger partial charge is 0.337 e. The molecule has 1 atom stereocenters. The standard InChI is InChI=1S/C13H15ClN2O3/c1-3-4-8(2)15-13(19)16-11-7-9(14)5-6-10(11)12(17)18/h3,5-8H,1,4H2,2H3,(H,17,18)(H2,15,16,19). The maximum Gasteiger partial charge on any atom is 0.337 e. The van der Waals surface area contributed by atoms with Crippen LogP contribution in [0.1, 0.15) is 23.7 Å². The fourth-order valence-corrected chi connectivity index (χ4v) is 1.67. The van der Waals surface area contributed by atoms with E-state index >= 15 is 0 Å². The number of halogens is 1. The molecule has 0 fully saturated rings. The Morgan fingerprint density at radius 2 is 2.21 bits per heavy atom. The quantitative estimate of drug-likeness (QED) is 0.726. The van der Waals surface area contributed by atoms with Gasteiger partial charge in [0.25, 0.3) is 0 Å². The predicted molar refractivity (Wildman–Crippen MR) is 74.8 cm³/mol. The number of urea groups is 1. The Hall–Kier alpha value is -2.01. The van der Waals surface area contributed by atoms with Gasteiger partial charge < -0.3 is 15.7 Å². The lowest BCUT2D eigenvalue weighted by atomic mass is 10.2. The van der Waals surface area contributed by atoms with Gasteiger partial charge in [0.1, 0.15) is 0 Å². The molecule has 0 aliphatic heterocycles. The van der Waals surface area contributed by atoms with Crippen molar-refractivity contribution in [1.29, 1.82) is 0 Å². The number of carbonyl (C=O) groups excluding carboxylic acids is 1. The first-order valence-electron chi connectivity index (χ1n) is 5.65. The zero-order chi connectivity index (χ0) is 14.4. The molecule has 0 aliphatic carbocycles. The van der Waals surface area contributed by atoms with Gasteiger partial charge in [0.15, 0.2) is 0 Å². The van der Waals surface area contributed by atoms with Gasteiger partial charge in [-0.2, -0.15) is 0 Å². The third-order valence-electron chi connectivity index (χ3n) is 2.36. The third kappa shape index (κ3) is 4.63. The normalized spacial score (nSPS) is 11.5. The maximum atomic E-state index is 11.7. The Morgan fingerprint density at radius 1 is 1.53 bits per heavy atom. The second-order valence-electron chi connectivity index (χ2n) is 4.02. The number of rotatable bonds is 5. The van der Waals surface area contributed by atoms with Crippen LogP contribution in [0.4, 0.5) is 10.5 Å². The Balaban J connectivity index is 2.81. The zero-order valence-corrected chi connectivity index (χ0v) is 11.2. The molecule has 1 unspecified atom stereocenters. The van der Waals surface area contributed by atoms with E-state index < -0.39 is 12.0 Å². The van der Waals surface area contributed by atoms with Crippen LogP contribution in [0.3, 0.4) is 0 Å². The van der Waals surface area contributed by atoms with Crippen molar-refractivity contribution >= 4 is 29.3 Å². The van der Waals surface area contributed by atoms with E-state index in [0.29, 0.717) is 11.4 Å². The van der Waals surface area contributed by atoms with Crippen LogP contribution in [0.25, 0.3) is 0 Å².